The maximum absolute atomic E-state index is 12.1. The molecular weight excluding hydrogens is 323 g/mol. The number of halogens is 3. The van der Waals surface area contributed by atoms with Gasteiger partial charge >= 0.3 is 12.1 Å². The van der Waals surface area contributed by atoms with Crippen molar-refractivity contribution in [1.29, 1.82) is 0 Å². The lowest BCUT2D eigenvalue weighted by molar-refractivity contribution is -0.192. The number of nitrogens with one attached hydrogen (secondary N) is 1. The average Bonchev–Trinajstić information content (AvgIpc) is 2.87. The number of methoxy groups -OCH3 is 1. The number of alkyl halides is 3. The van der Waals surface area contributed by atoms with Crippen LogP contribution in [0, 0.1) is 17.8 Å². The normalized spacial score (nSPS) is 25.7. The van der Waals surface area contributed by atoms with Crippen LogP contribution in [0.2, 0.25) is 0 Å². The van der Waals surface area contributed by atoms with E-state index < -0.39 is 12.1 Å². The molecule has 2 aliphatic rings. The van der Waals surface area contributed by atoms with E-state index in [9.17, 15) is 18.0 Å². The van der Waals surface area contributed by atoms with Gasteiger partial charge in [-0.15, -0.1) is 11.3 Å². The van der Waals surface area contributed by atoms with Gasteiger partial charge in [0.25, 0.3) is 0 Å². The molecule has 0 aromatic carbocycles. The van der Waals surface area contributed by atoms with E-state index in [4.69, 9.17) is 14.6 Å². The number of carboxylic acid groups (broad SMARTS) is 1. The number of rotatable bonds is 3. The van der Waals surface area contributed by atoms with Crippen LogP contribution in [0.5, 0.6) is 5.75 Å². The SMILES string of the molecule is COc1csc(C(=O)C2[C@H]3CNC[C@@H]23)c1.O=C(O)C(F)(F)F. The number of hydrogen-bond acceptors (Lipinski definition) is 5. The molecule has 1 saturated heterocycles. The van der Waals surface area contributed by atoms with Crippen molar-refractivity contribution in [3.8, 4) is 5.75 Å². The molecule has 1 aromatic heterocycles. The van der Waals surface area contributed by atoms with E-state index in [0.717, 1.165) is 23.7 Å². The minimum Gasteiger partial charge on any atom is -0.496 e. The molecule has 1 aliphatic heterocycles. The Morgan fingerprint density at radius 3 is 2.32 bits per heavy atom. The van der Waals surface area contributed by atoms with Crippen molar-refractivity contribution in [2.24, 2.45) is 17.8 Å². The van der Waals surface area contributed by atoms with Gasteiger partial charge in [0.05, 0.1) is 12.0 Å². The van der Waals surface area contributed by atoms with Gasteiger partial charge in [-0.25, -0.2) is 4.79 Å². The molecule has 2 N–H and O–H groups in total. The van der Waals surface area contributed by atoms with Crippen molar-refractivity contribution in [3.63, 3.8) is 0 Å². The van der Waals surface area contributed by atoms with Crippen molar-refractivity contribution in [2.75, 3.05) is 20.2 Å². The number of carbonyl (C=O) groups excluding carboxylic acids is 1. The van der Waals surface area contributed by atoms with Gasteiger partial charge in [0.2, 0.25) is 0 Å². The van der Waals surface area contributed by atoms with E-state index in [-0.39, 0.29) is 5.92 Å². The summed E-state index contributed by atoms with van der Waals surface area (Å²) in [4.78, 5) is 21.8. The van der Waals surface area contributed by atoms with E-state index in [0.29, 0.717) is 17.6 Å². The highest BCUT2D eigenvalue weighted by atomic mass is 32.1. The zero-order chi connectivity index (χ0) is 16.5. The quantitative estimate of drug-likeness (QED) is 0.826. The zero-order valence-corrected chi connectivity index (χ0v) is 12.3. The second-order valence-electron chi connectivity index (χ2n) is 5.03. The Kier molecular flexibility index (Phi) is 4.76. The highest BCUT2D eigenvalue weighted by molar-refractivity contribution is 7.12. The Balaban J connectivity index is 0.000000217. The van der Waals surface area contributed by atoms with Crippen LogP contribution in [0.1, 0.15) is 9.67 Å². The highest BCUT2D eigenvalue weighted by Gasteiger charge is 2.56. The molecule has 0 bridgehead atoms. The van der Waals surface area contributed by atoms with Gasteiger partial charge in [-0.1, -0.05) is 0 Å². The molecule has 0 amide bonds. The van der Waals surface area contributed by atoms with Gasteiger partial charge in [-0.3, -0.25) is 4.79 Å². The molecule has 3 atom stereocenters. The van der Waals surface area contributed by atoms with Crippen LogP contribution < -0.4 is 10.1 Å². The Morgan fingerprint density at radius 1 is 1.36 bits per heavy atom. The molecule has 122 valence electrons. The first-order chi connectivity index (χ1) is 10.3. The Morgan fingerprint density at radius 2 is 1.91 bits per heavy atom. The minimum atomic E-state index is -5.08. The van der Waals surface area contributed by atoms with Crippen molar-refractivity contribution in [3.05, 3.63) is 16.3 Å². The maximum atomic E-state index is 12.1. The Bertz CT molecular complexity index is 562. The lowest BCUT2D eigenvalue weighted by Crippen LogP contribution is -2.21. The Hall–Kier alpha value is -1.61. The smallest absolute Gasteiger partial charge is 0.490 e. The van der Waals surface area contributed by atoms with Crippen LogP contribution in [-0.4, -0.2) is 43.2 Å². The standard InChI is InChI=1S/C11H13NO2S.C2HF3O2/c1-14-6-2-9(15-5-6)11(13)10-7-3-12-4-8(7)10;3-2(4,5)1(6)7/h2,5,7-8,10,12H,3-4H2,1H3;(H,6,7)/t7-,8+,10?;. The first-order valence-corrected chi connectivity index (χ1v) is 7.31. The number of fused-ring (bicyclic) bond motifs is 1. The molecule has 0 radical (unpaired) electrons. The summed E-state index contributed by atoms with van der Waals surface area (Å²) in [5, 5.41) is 12.3. The Labute approximate surface area is 128 Å². The molecule has 1 aliphatic carbocycles. The van der Waals surface area contributed by atoms with Crippen LogP contribution in [0.4, 0.5) is 13.2 Å². The summed E-state index contributed by atoms with van der Waals surface area (Å²) in [5.41, 5.74) is 0. The summed E-state index contributed by atoms with van der Waals surface area (Å²) < 4.78 is 36.8. The number of Topliss-reactive ketones (excluding diaryl/α,β-unsaturated/α-hetero) is 1. The molecule has 5 nitrogen and oxygen atoms in total. The third-order valence-corrected chi connectivity index (χ3v) is 4.61. The summed E-state index contributed by atoms with van der Waals surface area (Å²) in [7, 11) is 1.63. The van der Waals surface area contributed by atoms with Gasteiger partial charge in [-0.2, -0.15) is 13.2 Å². The molecule has 1 saturated carbocycles. The molecule has 2 heterocycles. The predicted molar refractivity (Wildman–Crippen MR) is 72.2 cm³/mol. The fraction of sp³-hybridized carbons (Fsp3) is 0.538. The molecule has 2 fully saturated rings. The number of hydrogen-bond donors (Lipinski definition) is 2. The molecule has 1 unspecified atom stereocenters. The number of carbonyl (C=O) groups is 2. The van der Waals surface area contributed by atoms with Crippen LogP contribution >= 0.6 is 11.3 Å². The number of ketones is 1. The minimum absolute atomic E-state index is 0.287. The maximum Gasteiger partial charge on any atom is 0.490 e. The summed E-state index contributed by atoms with van der Waals surface area (Å²) >= 11 is 1.49. The van der Waals surface area contributed by atoms with Crippen LogP contribution in [0.15, 0.2) is 11.4 Å². The molecule has 3 rings (SSSR count). The van der Waals surface area contributed by atoms with Gasteiger partial charge in [0.1, 0.15) is 5.75 Å². The summed E-state index contributed by atoms with van der Waals surface area (Å²) in [5.74, 6) is -0.148. The molecule has 1 aromatic rings. The second-order valence-corrected chi connectivity index (χ2v) is 5.94. The van der Waals surface area contributed by atoms with Crippen molar-refractivity contribution in [2.45, 2.75) is 6.18 Å². The third-order valence-electron chi connectivity index (χ3n) is 3.69. The summed E-state index contributed by atoms with van der Waals surface area (Å²) in [6.45, 7) is 2.03. The topological polar surface area (TPSA) is 75.6 Å². The second kappa shape index (κ2) is 6.25. The van der Waals surface area contributed by atoms with Gasteiger partial charge in [-0.05, 0) is 24.9 Å². The zero-order valence-electron chi connectivity index (χ0n) is 11.5. The van der Waals surface area contributed by atoms with E-state index >= 15 is 0 Å². The number of aliphatic carboxylic acids is 1. The predicted octanol–water partition coefficient (Wildman–Crippen LogP) is 2.04. The van der Waals surface area contributed by atoms with Crippen molar-refractivity contribution in [1.82, 2.24) is 5.32 Å². The summed E-state index contributed by atoms with van der Waals surface area (Å²) in [6.07, 6.45) is -5.08. The van der Waals surface area contributed by atoms with Crippen LogP contribution in [0.3, 0.4) is 0 Å². The van der Waals surface area contributed by atoms with E-state index in [1.54, 1.807) is 7.11 Å². The third kappa shape index (κ3) is 3.58. The summed E-state index contributed by atoms with van der Waals surface area (Å²) in [6, 6.07) is 1.86. The average molecular weight is 337 g/mol. The first-order valence-electron chi connectivity index (χ1n) is 6.43. The molecular formula is C13H14F3NO4S. The van der Waals surface area contributed by atoms with Gasteiger partial charge in [0, 0.05) is 17.4 Å². The molecule has 9 heteroatoms. The molecule has 22 heavy (non-hydrogen) atoms. The van der Waals surface area contributed by atoms with Crippen molar-refractivity contribution >= 4 is 23.1 Å². The van der Waals surface area contributed by atoms with E-state index in [2.05, 4.69) is 5.32 Å². The number of carboxylic acids is 1. The fourth-order valence-corrected chi connectivity index (χ4v) is 3.37. The monoisotopic (exact) mass is 337 g/mol. The highest BCUT2D eigenvalue weighted by Crippen LogP contribution is 2.50. The number of ether oxygens (including phenoxy) is 1. The first kappa shape index (κ1) is 16.8. The lowest BCUT2D eigenvalue weighted by atomic mass is 10.1. The van der Waals surface area contributed by atoms with Gasteiger partial charge < -0.3 is 15.2 Å². The van der Waals surface area contributed by atoms with Crippen molar-refractivity contribution < 1.29 is 32.6 Å². The van der Waals surface area contributed by atoms with Crippen LogP contribution in [-0.2, 0) is 4.79 Å². The van der Waals surface area contributed by atoms with Gasteiger partial charge in [0.15, 0.2) is 5.78 Å². The number of piperidine rings is 1. The van der Waals surface area contributed by atoms with Crippen LogP contribution in [0.25, 0.3) is 0 Å². The molecule has 0 spiro atoms. The van der Waals surface area contributed by atoms with E-state index in [1.807, 2.05) is 11.4 Å². The fourth-order valence-electron chi connectivity index (χ4n) is 2.53. The largest absolute Gasteiger partial charge is 0.496 e. The lowest BCUT2D eigenvalue weighted by Gasteiger charge is -2.01. The number of thiophene rings is 1. The van der Waals surface area contributed by atoms with E-state index in [1.165, 1.54) is 11.3 Å².